The van der Waals surface area contributed by atoms with Gasteiger partial charge < -0.3 is 4.57 Å². The quantitative estimate of drug-likeness (QED) is 0.402. The van der Waals surface area contributed by atoms with E-state index < -0.39 is 80.6 Å². The fraction of sp³-hybridized carbons (Fsp3) is 0.417. The minimum Gasteiger partial charge on any atom is -0.332 e. The number of aryl methyl sites for hydroxylation is 1. The number of nitrogens with one attached hydrogen (secondary N) is 1. The van der Waals surface area contributed by atoms with Crippen molar-refractivity contribution in [3.63, 3.8) is 0 Å². The normalized spacial score (nSPS) is 22.7. The second-order valence-electron chi connectivity index (χ2n) is 10.00. The van der Waals surface area contributed by atoms with Crippen molar-refractivity contribution in [3.8, 4) is 0 Å². The molecule has 2 atom stereocenters. The number of benzene rings is 2. The molecule has 1 N–H and O–H groups in total. The molecule has 218 valence electrons. The smallest absolute Gasteiger partial charge is 0.332 e. The van der Waals surface area contributed by atoms with Crippen LogP contribution in [0.25, 0.3) is 10.9 Å². The molecule has 2 aliphatic heterocycles. The highest BCUT2D eigenvalue weighted by atomic mass is 32.2. The van der Waals surface area contributed by atoms with Crippen LogP contribution in [-0.2, 0) is 36.9 Å². The van der Waals surface area contributed by atoms with E-state index in [1.54, 1.807) is 16.9 Å². The van der Waals surface area contributed by atoms with Crippen LogP contribution in [0.5, 0.6) is 0 Å². The monoisotopic (exact) mass is 623 g/mol. The Morgan fingerprint density at radius 2 is 1.48 bits per heavy atom. The first kappa shape index (κ1) is 29.0. The maximum atomic E-state index is 14.7. The molecule has 0 radical (unpaired) electrons. The minimum atomic E-state index is -5.55. The van der Waals surface area contributed by atoms with Gasteiger partial charge in [0.2, 0.25) is 9.84 Å². The van der Waals surface area contributed by atoms with E-state index in [1.807, 2.05) is 0 Å². The van der Waals surface area contributed by atoms with Crippen molar-refractivity contribution >= 4 is 40.8 Å². The number of halogens is 4. The minimum absolute atomic E-state index is 0.0788. The molecule has 2 fully saturated rings. The standard InChI is InChI=1S/C24H25F4N3O6S3/c1-30-20-8-4-2-6-18(20)22(38(32,33)21-9-5-3-7-19(21)25)23(30)39(34,35)31-16-10-11-17(31)13-15(12-16)14-29-40(36,37)24(26,27)28/h2-9,15-17,29H,10-14H2,1H3. The van der Waals surface area contributed by atoms with E-state index in [1.165, 1.54) is 40.2 Å². The number of para-hydroxylation sites is 1. The second-order valence-corrected chi connectivity index (χ2v) is 15.4. The van der Waals surface area contributed by atoms with Gasteiger partial charge in [-0.15, -0.1) is 0 Å². The molecule has 5 rings (SSSR count). The summed E-state index contributed by atoms with van der Waals surface area (Å²) in [6.45, 7) is -0.510. The van der Waals surface area contributed by atoms with E-state index in [-0.39, 0.29) is 18.2 Å². The summed E-state index contributed by atoms with van der Waals surface area (Å²) >= 11 is 0. The number of sulfone groups is 1. The molecular formula is C24H25F4N3O6S3. The maximum absolute atomic E-state index is 14.7. The first-order valence-corrected chi connectivity index (χ1v) is 16.6. The number of hydrogen-bond donors (Lipinski definition) is 1. The van der Waals surface area contributed by atoms with Gasteiger partial charge in [-0.3, -0.25) is 0 Å². The highest BCUT2D eigenvalue weighted by Gasteiger charge is 2.51. The van der Waals surface area contributed by atoms with Crippen molar-refractivity contribution < 1.29 is 42.8 Å². The van der Waals surface area contributed by atoms with Crippen molar-refractivity contribution in [1.29, 1.82) is 0 Å². The van der Waals surface area contributed by atoms with E-state index in [0.717, 1.165) is 12.1 Å². The summed E-state index contributed by atoms with van der Waals surface area (Å²) in [4.78, 5) is -1.24. The SMILES string of the molecule is Cn1c(S(=O)(=O)N2C3CCC2CC(CNS(=O)(=O)C(F)(F)F)C3)c(S(=O)(=O)c2ccccc2F)c2ccccc21. The summed E-state index contributed by atoms with van der Waals surface area (Å²) in [5.74, 6) is -1.60. The highest BCUT2D eigenvalue weighted by Crippen LogP contribution is 2.45. The third kappa shape index (κ3) is 4.62. The Morgan fingerprint density at radius 1 is 0.900 bits per heavy atom. The maximum Gasteiger partial charge on any atom is 0.511 e. The lowest BCUT2D eigenvalue weighted by molar-refractivity contribution is -0.0449. The molecule has 2 saturated heterocycles. The second kappa shape index (κ2) is 9.79. The van der Waals surface area contributed by atoms with Crippen LogP contribution in [-0.4, -0.2) is 58.3 Å². The van der Waals surface area contributed by atoms with Crippen LogP contribution in [0.4, 0.5) is 17.6 Å². The molecule has 3 aromatic rings. The number of piperidine rings is 1. The third-order valence-electron chi connectivity index (χ3n) is 7.56. The zero-order valence-electron chi connectivity index (χ0n) is 21.0. The van der Waals surface area contributed by atoms with Gasteiger partial charge in [0.25, 0.3) is 10.0 Å². The molecule has 0 amide bonds. The molecular weight excluding hydrogens is 598 g/mol. The fourth-order valence-corrected chi connectivity index (χ4v) is 10.9. The van der Waals surface area contributed by atoms with Gasteiger partial charge in [-0.25, -0.2) is 34.4 Å². The van der Waals surface area contributed by atoms with E-state index in [9.17, 15) is 42.8 Å². The van der Waals surface area contributed by atoms with Crippen LogP contribution >= 0.6 is 0 Å². The molecule has 2 unspecified atom stereocenters. The summed E-state index contributed by atoms with van der Waals surface area (Å²) in [5, 5.41) is -0.444. The van der Waals surface area contributed by atoms with Gasteiger partial charge in [0, 0.05) is 31.1 Å². The summed E-state index contributed by atoms with van der Waals surface area (Å²) in [5.41, 5.74) is -5.18. The number of nitrogens with zero attached hydrogens (tertiary/aromatic N) is 2. The van der Waals surface area contributed by atoms with Crippen LogP contribution in [0.3, 0.4) is 0 Å². The Morgan fingerprint density at radius 3 is 2.08 bits per heavy atom. The van der Waals surface area contributed by atoms with Crippen molar-refractivity contribution in [3.05, 3.63) is 54.3 Å². The lowest BCUT2D eigenvalue weighted by atomic mass is 9.93. The Hall–Kier alpha value is -2.53. The van der Waals surface area contributed by atoms with E-state index in [2.05, 4.69) is 0 Å². The summed E-state index contributed by atoms with van der Waals surface area (Å²) in [7, 11) is -13.4. The number of fused-ring (bicyclic) bond motifs is 3. The topological polar surface area (TPSA) is 123 Å². The van der Waals surface area contributed by atoms with E-state index in [4.69, 9.17) is 0 Å². The van der Waals surface area contributed by atoms with E-state index in [0.29, 0.717) is 18.4 Å². The lowest BCUT2D eigenvalue weighted by Crippen LogP contribution is -2.49. The average molecular weight is 624 g/mol. The molecule has 40 heavy (non-hydrogen) atoms. The molecule has 0 aliphatic carbocycles. The molecule has 16 heteroatoms. The Kier molecular flexibility index (Phi) is 7.09. The van der Waals surface area contributed by atoms with Crippen molar-refractivity contribution in [2.45, 2.75) is 58.1 Å². The molecule has 9 nitrogen and oxygen atoms in total. The van der Waals surface area contributed by atoms with Gasteiger partial charge in [-0.1, -0.05) is 30.3 Å². The first-order valence-electron chi connectivity index (χ1n) is 12.2. The molecule has 1 aromatic heterocycles. The van der Waals surface area contributed by atoms with Crippen LogP contribution in [0.15, 0.2) is 63.3 Å². The Bertz CT molecular complexity index is 1790. The van der Waals surface area contributed by atoms with Gasteiger partial charge in [0.05, 0.1) is 5.52 Å². The van der Waals surface area contributed by atoms with Gasteiger partial charge >= 0.3 is 15.5 Å². The molecule has 0 spiro atoms. The summed E-state index contributed by atoms with van der Waals surface area (Å²) in [6, 6.07) is 9.41. The predicted molar refractivity (Wildman–Crippen MR) is 136 cm³/mol. The zero-order valence-corrected chi connectivity index (χ0v) is 23.4. The molecule has 2 bridgehead atoms. The fourth-order valence-electron chi connectivity index (χ4n) is 5.87. The summed E-state index contributed by atoms with van der Waals surface area (Å²) < 4.78 is 136. The predicted octanol–water partition coefficient (Wildman–Crippen LogP) is 3.52. The van der Waals surface area contributed by atoms with Crippen molar-refractivity contribution in [2.24, 2.45) is 13.0 Å². The number of rotatable bonds is 7. The molecule has 0 saturated carbocycles. The highest BCUT2D eigenvalue weighted by molar-refractivity contribution is 7.93. The largest absolute Gasteiger partial charge is 0.511 e. The van der Waals surface area contributed by atoms with Crippen molar-refractivity contribution in [2.75, 3.05) is 6.54 Å². The van der Waals surface area contributed by atoms with Crippen molar-refractivity contribution in [1.82, 2.24) is 13.6 Å². The number of hydrogen-bond acceptors (Lipinski definition) is 6. The van der Waals surface area contributed by atoms with Crippen LogP contribution in [0.2, 0.25) is 0 Å². The number of alkyl halides is 3. The van der Waals surface area contributed by atoms with Gasteiger partial charge in [0.1, 0.15) is 15.6 Å². The molecule has 2 aromatic carbocycles. The van der Waals surface area contributed by atoms with Gasteiger partial charge in [-0.05, 0) is 49.8 Å². The average Bonchev–Trinajstić information content (AvgIpc) is 3.34. The van der Waals surface area contributed by atoms with Gasteiger partial charge in [0.15, 0.2) is 5.03 Å². The number of aromatic nitrogens is 1. The summed E-state index contributed by atoms with van der Waals surface area (Å²) in [6.07, 6.45) is 0.891. The first-order chi connectivity index (χ1) is 18.6. The third-order valence-corrected chi connectivity index (χ3v) is 12.8. The van der Waals surface area contributed by atoms with Crippen LogP contribution in [0.1, 0.15) is 25.7 Å². The Balaban J connectivity index is 1.56. The number of sulfonamides is 2. The van der Waals surface area contributed by atoms with E-state index >= 15 is 0 Å². The zero-order chi connectivity index (χ0) is 29.3. The van der Waals surface area contributed by atoms with Crippen LogP contribution in [0, 0.1) is 11.7 Å². The molecule has 3 heterocycles. The molecule has 2 aliphatic rings. The Labute approximate surface area is 228 Å². The lowest BCUT2D eigenvalue weighted by Gasteiger charge is -2.38. The van der Waals surface area contributed by atoms with Crippen LogP contribution < -0.4 is 4.72 Å². The van der Waals surface area contributed by atoms with Gasteiger partial charge in [-0.2, -0.15) is 17.5 Å².